The molecule has 4 nitrogen and oxygen atoms in total. The molecule has 0 spiro atoms. The van der Waals surface area contributed by atoms with Crippen molar-refractivity contribution in [2.75, 3.05) is 26.2 Å². The van der Waals surface area contributed by atoms with Crippen molar-refractivity contribution in [1.29, 1.82) is 0 Å². The van der Waals surface area contributed by atoms with Gasteiger partial charge in [0.2, 0.25) is 0 Å². The van der Waals surface area contributed by atoms with E-state index in [1.165, 1.54) is 0 Å². The molecule has 0 radical (unpaired) electrons. The molecule has 1 aromatic carbocycles. The van der Waals surface area contributed by atoms with Gasteiger partial charge in [-0.3, -0.25) is 0 Å². The molecule has 1 N–H and O–H groups in total. The van der Waals surface area contributed by atoms with Gasteiger partial charge in [-0.1, -0.05) is 25.1 Å². The van der Waals surface area contributed by atoms with Gasteiger partial charge in [0.05, 0.1) is 6.61 Å². The van der Waals surface area contributed by atoms with E-state index in [9.17, 15) is 4.79 Å². The second-order valence-electron chi connectivity index (χ2n) is 5.54. The van der Waals surface area contributed by atoms with Crippen LogP contribution in [-0.2, 0) is 0 Å². The number of nitrogens with one attached hydrogen (secondary N) is 1. The SMILES string of the molecule is Cc1ccccc1OCCCNC(=O)N1CCC(C)C1. The van der Waals surface area contributed by atoms with Crippen LogP contribution in [0, 0.1) is 12.8 Å². The molecular weight excluding hydrogens is 252 g/mol. The molecule has 110 valence electrons. The van der Waals surface area contributed by atoms with Crippen molar-refractivity contribution in [3.63, 3.8) is 0 Å². The standard InChI is InChI=1S/C16H24N2O2/c1-13-8-10-18(12-13)16(19)17-9-5-11-20-15-7-4-3-6-14(15)2/h3-4,6-7,13H,5,8-12H2,1-2H3,(H,17,19). The Morgan fingerprint density at radius 1 is 1.45 bits per heavy atom. The van der Waals surface area contributed by atoms with Crippen molar-refractivity contribution in [1.82, 2.24) is 10.2 Å². The van der Waals surface area contributed by atoms with Crippen molar-refractivity contribution in [3.05, 3.63) is 29.8 Å². The second-order valence-corrected chi connectivity index (χ2v) is 5.54. The van der Waals surface area contributed by atoms with Crippen LogP contribution < -0.4 is 10.1 Å². The molecule has 0 aromatic heterocycles. The maximum atomic E-state index is 11.9. The maximum Gasteiger partial charge on any atom is 0.317 e. The summed E-state index contributed by atoms with van der Waals surface area (Å²) in [5, 5.41) is 2.95. The highest BCUT2D eigenvalue weighted by atomic mass is 16.5. The quantitative estimate of drug-likeness (QED) is 0.840. The number of carbonyl (C=O) groups excluding carboxylic acids is 1. The Hall–Kier alpha value is -1.71. The van der Waals surface area contributed by atoms with Crippen LogP contribution in [0.4, 0.5) is 4.79 Å². The number of likely N-dealkylation sites (tertiary alicyclic amines) is 1. The van der Waals surface area contributed by atoms with E-state index in [0.717, 1.165) is 37.2 Å². The fourth-order valence-electron chi connectivity index (χ4n) is 2.40. The Morgan fingerprint density at radius 2 is 2.25 bits per heavy atom. The van der Waals surface area contributed by atoms with Crippen LogP contribution in [-0.4, -0.2) is 37.2 Å². The highest BCUT2D eigenvalue weighted by molar-refractivity contribution is 5.74. The topological polar surface area (TPSA) is 41.6 Å². The van der Waals surface area contributed by atoms with Crippen LogP contribution in [0.15, 0.2) is 24.3 Å². The summed E-state index contributed by atoms with van der Waals surface area (Å²) in [5.74, 6) is 1.55. The first-order valence-corrected chi connectivity index (χ1v) is 7.38. The first-order chi connectivity index (χ1) is 9.66. The number of carbonyl (C=O) groups is 1. The highest BCUT2D eigenvalue weighted by Crippen LogP contribution is 2.16. The summed E-state index contributed by atoms with van der Waals surface area (Å²) in [4.78, 5) is 13.7. The van der Waals surface area contributed by atoms with E-state index in [2.05, 4.69) is 12.2 Å². The number of amides is 2. The number of hydrogen-bond acceptors (Lipinski definition) is 2. The predicted molar refractivity (Wildman–Crippen MR) is 80.0 cm³/mol. The van der Waals surface area contributed by atoms with E-state index >= 15 is 0 Å². The Labute approximate surface area is 121 Å². The normalized spacial score (nSPS) is 18.1. The van der Waals surface area contributed by atoms with Gasteiger partial charge in [0.25, 0.3) is 0 Å². The summed E-state index contributed by atoms with van der Waals surface area (Å²) in [7, 11) is 0. The number of nitrogens with zero attached hydrogens (tertiary/aromatic N) is 1. The Morgan fingerprint density at radius 3 is 2.95 bits per heavy atom. The summed E-state index contributed by atoms with van der Waals surface area (Å²) < 4.78 is 5.70. The molecule has 0 bridgehead atoms. The third kappa shape index (κ3) is 4.15. The molecule has 0 aliphatic carbocycles. The monoisotopic (exact) mass is 276 g/mol. The van der Waals surface area contributed by atoms with Crippen LogP contribution in [0.25, 0.3) is 0 Å². The van der Waals surface area contributed by atoms with E-state index in [1.807, 2.05) is 36.1 Å². The minimum atomic E-state index is 0.0604. The number of para-hydroxylation sites is 1. The summed E-state index contributed by atoms with van der Waals surface area (Å²) in [5.41, 5.74) is 1.14. The molecule has 0 saturated carbocycles. The fraction of sp³-hybridized carbons (Fsp3) is 0.562. The number of aryl methyl sites for hydroxylation is 1. The lowest BCUT2D eigenvalue weighted by molar-refractivity contribution is 0.206. The van der Waals surface area contributed by atoms with Gasteiger partial charge in [-0.05, 0) is 37.3 Å². The van der Waals surface area contributed by atoms with Gasteiger partial charge in [-0.2, -0.15) is 0 Å². The predicted octanol–water partition coefficient (Wildman–Crippen LogP) is 2.82. The van der Waals surface area contributed by atoms with Crippen LogP contribution in [0.3, 0.4) is 0 Å². The molecule has 4 heteroatoms. The Bertz CT molecular complexity index is 448. The summed E-state index contributed by atoms with van der Waals surface area (Å²) in [6.07, 6.45) is 1.94. The molecule has 1 aliphatic rings. The molecule has 1 aromatic rings. The van der Waals surface area contributed by atoms with Crippen molar-refractivity contribution in [2.24, 2.45) is 5.92 Å². The molecular formula is C16H24N2O2. The number of hydrogen-bond donors (Lipinski definition) is 1. The fourth-order valence-corrected chi connectivity index (χ4v) is 2.40. The smallest absolute Gasteiger partial charge is 0.317 e. The molecule has 20 heavy (non-hydrogen) atoms. The molecule has 1 atom stereocenters. The Balaban J connectivity index is 1.60. The average Bonchev–Trinajstić information content (AvgIpc) is 2.87. The zero-order valence-electron chi connectivity index (χ0n) is 12.4. The van der Waals surface area contributed by atoms with Crippen molar-refractivity contribution in [3.8, 4) is 5.75 Å². The zero-order valence-corrected chi connectivity index (χ0v) is 12.4. The lowest BCUT2D eigenvalue weighted by Gasteiger charge is -2.16. The third-order valence-electron chi connectivity index (χ3n) is 3.66. The second kappa shape index (κ2) is 7.17. The summed E-state index contributed by atoms with van der Waals surface area (Å²) in [6.45, 7) is 7.27. The zero-order chi connectivity index (χ0) is 14.4. The van der Waals surface area contributed by atoms with Crippen molar-refractivity contribution in [2.45, 2.75) is 26.7 Å². The molecule has 2 rings (SSSR count). The van der Waals surface area contributed by atoms with E-state index in [4.69, 9.17) is 4.74 Å². The summed E-state index contributed by atoms with van der Waals surface area (Å²) >= 11 is 0. The van der Waals surface area contributed by atoms with E-state index in [1.54, 1.807) is 0 Å². The van der Waals surface area contributed by atoms with Gasteiger partial charge in [0, 0.05) is 19.6 Å². The van der Waals surface area contributed by atoms with E-state index in [-0.39, 0.29) is 6.03 Å². The molecule has 1 saturated heterocycles. The van der Waals surface area contributed by atoms with Gasteiger partial charge >= 0.3 is 6.03 Å². The average molecular weight is 276 g/mol. The van der Waals surface area contributed by atoms with Crippen molar-refractivity contribution < 1.29 is 9.53 Å². The van der Waals surface area contributed by atoms with E-state index in [0.29, 0.717) is 19.1 Å². The van der Waals surface area contributed by atoms with Gasteiger partial charge < -0.3 is 15.0 Å². The van der Waals surface area contributed by atoms with Crippen LogP contribution in [0.1, 0.15) is 25.3 Å². The van der Waals surface area contributed by atoms with Crippen LogP contribution in [0.2, 0.25) is 0 Å². The number of benzene rings is 1. The highest BCUT2D eigenvalue weighted by Gasteiger charge is 2.22. The van der Waals surface area contributed by atoms with E-state index < -0.39 is 0 Å². The van der Waals surface area contributed by atoms with Gasteiger partial charge in [-0.15, -0.1) is 0 Å². The number of rotatable bonds is 5. The van der Waals surface area contributed by atoms with Gasteiger partial charge in [-0.25, -0.2) is 4.79 Å². The van der Waals surface area contributed by atoms with Crippen molar-refractivity contribution >= 4 is 6.03 Å². The minimum absolute atomic E-state index is 0.0604. The summed E-state index contributed by atoms with van der Waals surface area (Å²) in [6, 6.07) is 8.04. The van der Waals surface area contributed by atoms with Gasteiger partial charge in [0.1, 0.15) is 5.75 Å². The lowest BCUT2D eigenvalue weighted by Crippen LogP contribution is -2.39. The third-order valence-corrected chi connectivity index (χ3v) is 3.66. The lowest BCUT2D eigenvalue weighted by atomic mass is 10.2. The molecule has 1 fully saturated rings. The first-order valence-electron chi connectivity index (χ1n) is 7.38. The van der Waals surface area contributed by atoms with Crippen LogP contribution >= 0.6 is 0 Å². The molecule has 1 aliphatic heterocycles. The van der Waals surface area contributed by atoms with Gasteiger partial charge in [0.15, 0.2) is 0 Å². The minimum Gasteiger partial charge on any atom is -0.493 e. The largest absolute Gasteiger partial charge is 0.493 e. The molecule has 2 amide bonds. The Kier molecular flexibility index (Phi) is 5.27. The molecule has 1 heterocycles. The number of ether oxygens (including phenoxy) is 1. The first kappa shape index (κ1) is 14.7. The number of urea groups is 1. The maximum absolute atomic E-state index is 11.9. The molecule has 1 unspecified atom stereocenters. The van der Waals surface area contributed by atoms with Crippen LogP contribution in [0.5, 0.6) is 5.75 Å².